The molecule has 0 saturated carbocycles. The summed E-state index contributed by atoms with van der Waals surface area (Å²) in [6, 6.07) is 4.27. The quantitative estimate of drug-likeness (QED) is 0.830. The Hall–Kier alpha value is -1.35. The first-order valence-electron chi connectivity index (χ1n) is 5.25. The van der Waals surface area contributed by atoms with Crippen molar-refractivity contribution in [1.82, 2.24) is 9.55 Å². The zero-order valence-corrected chi connectivity index (χ0v) is 9.20. The monoisotopic (exact) mass is 204 g/mol. The van der Waals surface area contributed by atoms with Gasteiger partial charge in [-0.15, -0.1) is 0 Å². The molecule has 0 amide bonds. The van der Waals surface area contributed by atoms with Gasteiger partial charge in [0.25, 0.3) is 0 Å². The van der Waals surface area contributed by atoms with E-state index in [0.29, 0.717) is 0 Å². The normalized spacial score (nSPS) is 11.1. The first-order valence-corrected chi connectivity index (χ1v) is 5.25. The lowest BCUT2D eigenvalue weighted by molar-refractivity contribution is 0.280. The van der Waals surface area contributed by atoms with Crippen LogP contribution in [0.3, 0.4) is 0 Å². The van der Waals surface area contributed by atoms with Crippen LogP contribution in [-0.4, -0.2) is 21.3 Å². The molecule has 1 heterocycles. The fourth-order valence-corrected chi connectivity index (χ4v) is 1.73. The van der Waals surface area contributed by atoms with E-state index in [1.54, 1.807) is 0 Å². The average Bonchev–Trinajstić information content (AvgIpc) is 2.59. The van der Waals surface area contributed by atoms with Gasteiger partial charge >= 0.3 is 0 Å². The summed E-state index contributed by atoms with van der Waals surface area (Å²) in [5, 5.41) is 8.80. The maximum absolute atomic E-state index is 8.80. The van der Waals surface area contributed by atoms with Crippen molar-refractivity contribution in [3.63, 3.8) is 0 Å². The van der Waals surface area contributed by atoms with Gasteiger partial charge in [0.05, 0.1) is 17.4 Å². The Morgan fingerprint density at radius 1 is 1.27 bits per heavy atom. The van der Waals surface area contributed by atoms with E-state index in [0.717, 1.165) is 24.0 Å². The van der Waals surface area contributed by atoms with Gasteiger partial charge in [0, 0.05) is 13.2 Å². The molecule has 1 aromatic carbocycles. The van der Waals surface area contributed by atoms with Crippen LogP contribution in [0.15, 0.2) is 18.5 Å². The molecular formula is C12H16N2O. The average molecular weight is 204 g/mol. The van der Waals surface area contributed by atoms with Gasteiger partial charge in [0.2, 0.25) is 0 Å². The van der Waals surface area contributed by atoms with Crippen LogP contribution in [0.5, 0.6) is 0 Å². The second-order valence-electron chi connectivity index (χ2n) is 3.94. The molecule has 0 aliphatic rings. The van der Waals surface area contributed by atoms with E-state index in [1.807, 2.05) is 6.33 Å². The van der Waals surface area contributed by atoms with Gasteiger partial charge in [0.15, 0.2) is 0 Å². The number of hydrogen-bond acceptors (Lipinski definition) is 2. The molecule has 3 nitrogen and oxygen atoms in total. The van der Waals surface area contributed by atoms with Gasteiger partial charge in [-0.1, -0.05) is 0 Å². The largest absolute Gasteiger partial charge is 0.396 e. The maximum atomic E-state index is 8.80. The van der Waals surface area contributed by atoms with E-state index in [-0.39, 0.29) is 6.61 Å². The number of aliphatic hydroxyl groups is 1. The molecule has 0 radical (unpaired) electrons. The lowest BCUT2D eigenvalue weighted by Crippen LogP contribution is -1.98. The van der Waals surface area contributed by atoms with Crippen molar-refractivity contribution >= 4 is 11.0 Å². The lowest BCUT2D eigenvalue weighted by Gasteiger charge is -2.04. The van der Waals surface area contributed by atoms with Gasteiger partial charge in [0.1, 0.15) is 0 Å². The summed E-state index contributed by atoms with van der Waals surface area (Å²) in [4.78, 5) is 4.35. The van der Waals surface area contributed by atoms with Crippen molar-refractivity contribution in [3.05, 3.63) is 29.6 Å². The number of rotatable bonds is 3. The first-order chi connectivity index (χ1) is 7.22. The molecule has 1 N–H and O–H groups in total. The summed E-state index contributed by atoms with van der Waals surface area (Å²) >= 11 is 0. The molecule has 15 heavy (non-hydrogen) atoms. The van der Waals surface area contributed by atoms with Crippen molar-refractivity contribution in [1.29, 1.82) is 0 Å². The van der Waals surface area contributed by atoms with Crippen LogP contribution >= 0.6 is 0 Å². The first kappa shape index (κ1) is 10.2. The summed E-state index contributed by atoms with van der Waals surface area (Å²) in [6.45, 7) is 5.26. The second-order valence-corrected chi connectivity index (χ2v) is 3.94. The zero-order valence-electron chi connectivity index (χ0n) is 9.20. The third kappa shape index (κ3) is 1.88. The van der Waals surface area contributed by atoms with Crippen LogP contribution < -0.4 is 0 Å². The Balaban J connectivity index is 2.45. The van der Waals surface area contributed by atoms with E-state index < -0.39 is 0 Å². The molecule has 0 aliphatic heterocycles. The Kier molecular flexibility index (Phi) is 2.73. The smallest absolute Gasteiger partial charge is 0.0958 e. The summed E-state index contributed by atoms with van der Waals surface area (Å²) < 4.78 is 2.10. The maximum Gasteiger partial charge on any atom is 0.0958 e. The summed E-state index contributed by atoms with van der Waals surface area (Å²) in [6.07, 6.45) is 2.62. The summed E-state index contributed by atoms with van der Waals surface area (Å²) in [5.41, 5.74) is 4.76. The Labute approximate surface area is 89.4 Å². The van der Waals surface area contributed by atoms with Gasteiger partial charge in [-0.3, -0.25) is 0 Å². The predicted octanol–water partition coefficient (Wildman–Crippen LogP) is 2.04. The molecular weight excluding hydrogens is 188 g/mol. The van der Waals surface area contributed by atoms with E-state index >= 15 is 0 Å². The fraction of sp³-hybridized carbons (Fsp3) is 0.417. The standard InChI is InChI=1S/C12H16N2O/c1-9-6-11-12(7-10(9)2)14(8-13-11)4-3-5-15/h6-8,15H,3-5H2,1-2H3. The predicted molar refractivity (Wildman–Crippen MR) is 60.9 cm³/mol. The Bertz CT molecular complexity index is 474. The van der Waals surface area contributed by atoms with Crippen LogP contribution in [0.25, 0.3) is 11.0 Å². The molecule has 2 aromatic rings. The van der Waals surface area contributed by atoms with Crippen LogP contribution in [0.2, 0.25) is 0 Å². The third-order valence-corrected chi connectivity index (χ3v) is 2.79. The Morgan fingerprint density at radius 3 is 2.73 bits per heavy atom. The third-order valence-electron chi connectivity index (χ3n) is 2.79. The minimum atomic E-state index is 0.227. The number of fused-ring (bicyclic) bond motifs is 1. The number of aromatic nitrogens is 2. The fourth-order valence-electron chi connectivity index (χ4n) is 1.73. The van der Waals surface area contributed by atoms with Crippen molar-refractivity contribution in [3.8, 4) is 0 Å². The molecule has 2 rings (SSSR count). The topological polar surface area (TPSA) is 38.0 Å². The van der Waals surface area contributed by atoms with E-state index in [4.69, 9.17) is 5.11 Å². The minimum Gasteiger partial charge on any atom is -0.396 e. The van der Waals surface area contributed by atoms with Gasteiger partial charge in [-0.2, -0.15) is 0 Å². The SMILES string of the molecule is Cc1cc2ncn(CCCO)c2cc1C. The molecule has 0 atom stereocenters. The number of nitrogens with zero attached hydrogens (tertiary/aromatic N) is 2. The van der Waals surface area contributed by atoms with Crippen LogP contribution in [0, 0.1) is 13.8 Å². The minimum absolute atomic E-state index is 0.227. The summed E-state index contributed by atoms with van der Waals surface area (Å²) in [7, 11) is 0. The highest BCUT2D eigenvalue weighted by Gasteiger charge is 2.04. The number of benzene rings is 1. The van der Waals surface area contributed by atoms with E-state index in [9.17, 15) is 0 Å². The lowest BCUT2D eigenvalue weighted by atomic mass is 10.1. The highest BCUT2D eigenvalue weighted by molar-refractivity contribution is 5.77. The molecule has 0 spiro atoms. The van der Waals surface area contributed by atoms with Gasteiger partial charge in [-0.05, 0) is 43.5 Å². The number of hydrogen-bond donors (Lipinski definition) is 1. The summed E-state index contributed by atoms with van der Waals surface area (Å²) in [5.74, 6) is 0. The molecule has 3 heteroatoms. The van der Waals surface area contributed by atoms with Crippen molar-refractivity contribution in [2.75, 3.05) is 6.61 Å². The molecule has 80 valence electrons. The molecule has 0 unspecified atom stereocenters. The van der Waals surface area contributed by atoms with Crippen LogP contribution in [0.1, 0.15) is 17.5 Å². The second kappa shape index (κ2) is 4.03. The molecule has 0 fully saturated rings. The number of aliphatic hydroxyl groups excluding tert-OH is 1. The van der Waals surface area contributed by atoms with E-state index in [1.165, 1.54) is 11.1 Å². The molecule has 0 saturated heterocycles. The highest BCUT2D eigenvalue weighted by atomic mass is 16.3. The van der Waals surface area contributed by atoms with Crippen LogP contribution in [0.4, 0.5) is 0 Å². The van der Waals surface area contributed by atoms with Crippen molar-refractivity contribution in [2.45, 2.75) is 26.8 Å². The van der Waals surface area contributed by atoms with Crippen LogP contribution in [-0.2, 0) is 6.54 Å². The van der Waals surface area contributed by atoms with Crippen molar-refractivity contribution in [2.24, 2.45) is 0 Å². The number of imidazole rings is 1. The highest BCUT2D eigenvalue weighted by Crippen LogP contribution is 2.18. The van der Waals surface area contributed by atoms with E-state index in [2.05, 4.69) is 35.5 Å². The van der Waals surface area contributed by atoms with Gasteiger partial charge in [-0.25, -0.2) is 4.98 Å². The zero-order chi connectivity index (χ0) is 10.8. The molecule has 1 aromatic heterocycles. The Morgan fingerprint density at radius 2 is 2.00 bits per heavy atom. The molecule has 0 bridgehead atoms. The number of aryl methyl sites for hydroxylation is 3. The van der Waals surface area contributed by atoms with Gasteiger partial charge < -0.3 is 9.67 Å². The van der Waals surface area contributed by atoms with Crippen molar-refractivity contribution < 1.29 is 5.11 Å². The molecule has 0 aliphatic carbocycles.